The van der Waals surface area contributed by atoms with Gasteiger partial charge in [0.15, 0.2) is 0 Å². The van der Waals surface area contributed by atoms with Crippen molar-refractivity contribution < 1.29 is 14.5 Å². The molecule has 26 heavy (non-hydrogen) atoms. The SMILES string of the molecule is CC(C)N1C(=O)C(c2ccc([N+](=O)[O-])cc2)=C(N2CCN(C)CC2)C1=O. The van der Waals surface area contributed by atoms with Crippen LogP contribution in [0.2, 0.25) is 0 Å². The summed E-state index contributed by atoms with van der Waals surface area (Å²) < 4.78 is 0. The first kappa shape index (κ1) is 18.1. The quantitative estimate of drug-likeness (QED) is 0.458. The van der Waals surface area contributed by atoms with E-state index in [1.807, 2.05) is 11.9 Å². The van der Waals surface area contributed by atoms with Gasteiger partial charge in [-0.15, -0.1) is 0 Å². The topological polar surface area (TPSA) is 87.0 Å². The molecule has 0 saturated carbocycles. The number of piperazine rings is 1. The van der Waals surface area contributed by atoms with Crippen molar-refractivity contribution in [3.63, 3.8) is 0 Å². The first-order valence-corrected chi connectivity index (χ1v) is 8.61. The molecule has 0 unspecified atom stereocenters. The Labute approximate surface area is 151 Å². The fraction of sp³-hybridized carbons (Fsp3) is 0.444. The van der Waals surface area contributed by atoms with Crippen molar-refractivity contribution in [3.05, 3.63) is 45.6 Å². The molecule has 1 saturated heterocycles. The average Bonchev–Trinajstić information content (AvgIpc) is 2.86. The van der Waals surface area contributed by atoms with Crippen LogP contribution in [0.4, 0.5) is 5.69 Å². The van der Waals surface area contributed by atoms with Crippen LogP contribution in [-0.4, -0.2) is 70.7 Å². The summed E-state index contributed by atoms with van der Waals surface area (Å²) in [5, 5.41) is 10.9. The van der Waals surface area contributed by atoms with E-state index in [2.05, 4.69) is 4.90 Å². The standard InChI is InChI=1S/C18H22N4O4/c1-12(2)21-17(23)15(13-4-6-14(7-5-13)22(25)26)16(18(21)24)20-10-8-19(3)9-11-20/h4-7,12H,8-11H2,1-3H3. The Morgan fingerprint density at radius 3 is 2.08 bits per heavy atom. The highest BCUT2D eigenvalue weighted by Crippen LogP contribution is 2.33. The van der Waals surface area contributed by atoms with Crippen LogP contribution in [0.3, 0.4) is 0 Å². The zero-order chi connectivity index (χ0) is 19.0. The van der Waals surface area contributed by atoms with E-state index in [1.165, 1.54) is 17.0 Å². The number of amides is 2. The molecule has 0 bridgehead atoms. The minimum Gasteiger partial charge on any atom is -0.364 e. The Hall–Kier alpha value is -2.74. The van der Waals surface area contributed by atoms with E-state index >= 15 is 0 Å². The normalized spacial score (nSPS) is 19.1. The van der Waals surface area contributed by atoms with Gasteiger partial charge < -0.3 is 9.80 Å². The van der Waals surface area contributed by atoms with Crippen molar-refractivity contribution in [1.82, 2.24) is 14.7 Å². The predicted octanol–water partition coefficient (Wildman–Crippen LogP) is 1.33. The lowest BCUT2D eigenvalue weighted by atomic mass is 10.0. The molecule has 1 aromatic carbocycles. The van der Waals surface area contributed by atoms with Crippen LogP contribution in [0.1, 0.15) is 19.4 Å². The summed E-state index contributed by atoms with van der Waals surface area (Å²) in [6.45, 7) is 6.53. The number of hydrogen-bond acceptors (Lipinski definition) is 6. The second kappa shape index (κ2) is 6.87. The maximum atomic E-state index is 13.0. The van der Waals surface area contributed by atoms with Crippen LogP contribution in [0.15, 0.2) is 30.0 Å². The van der Waals surface area contributed by atoms with Gasteiger partial charge in [-0.05, 0) is 38.6 Å². The second-order valence-electron chi connectivity index (χ2n) is 6.89. The zero-order valence-corrected chi connectivity index (χ0v) is 15.1. The number of rotatable bonds is 4. The first-order chi connectivity index (χ1) is 12.3. The highest BCUT2D eigenvalue weighted by Gasteiger charge is 2.43. The second-order valence-corrected chi connectivity index (χ2v) is 6.89. The summed E-state index contributed by atoms with van der Waals surface area (Å²) in [5.74, 6) is -0.629. The number of imide groups is 1. The van der Waals surface area contributed by atoms with Crippen molar-refractivity contribution in [2.45, 2.75) is 19.9 Å². The molecular weight excluding hydrogens is 336 g/mol. The molecule has 8 heteroatoms. The van der Waals surface area contributed by atoms with Crippen molar-refractivity contribution >= 4 is 23.1 Å². The van der Waals surface area contributed by atoms with Crippen LogP contribution >= 0.6 is 0 Å². The molecule has 8 nitrogen and oxygen atoms in total. The molecule has 0 radical (unpaired) electrons. The number of carbonyl (C=O) groups is 2. The van der Waals surface area contributed by atoms with E-state index in [0.29, 0.717) is 29.9 Å². The van der Waals surface area contributed by atoms with Crippen LogP contribution in [0.5, 0.6) is 0 Å². The summed E-state index contributed by atoms with van der Waals surface area (Å²) >= 11 is 0. The monoisotopic (exact) mass is 358 g/mol. The van der Waals surface area contributed by atoms with E-state index in [1.54, 1.807) is 26.0 Å². The molecule has 138 valence electrons. The number of nitro groups is 1. The number of nitrogens with zero attached hydrogens (tertiary/aromatic N) is 4. The van der Waals surface area contributed by atoms with Gasteiger partial charge in [0.25, 0.3) is 17.5 Å². The Bertz CT molecular complexity index is 777. The van der Waals surface area contributed by atoms with E-state index in [9.17, 15) is 19.7 Å². The molecule has 1 fully saturated rings. The molecule has 2 amide bonds. The van der Waals surface area contributed by atoms with E-state index in [4.69, 9.17) is 0 Å². The van der Waals surface area contributed by atoms with Gasteiger partial charge >= 0.3 is 0 Å². The zero-order valence-electron chi connectivity index (χ0n) is 15.1. The van der Waals surface area contributed by atoms with Gasteiger partial charge in [0.2, 0.25) is 0 Å². The summed E-state index contributed by atoms with van der Waals surface area (Å²) in [6.07, 6.45) is 0. The average molecular weight is 358 g/mol. The van der Waals surface area contributed by atoms with Gasteiger partial charge in [-0.2, -0.15) is 0 Å². The van der Waals surface area contributed by atoms with Gasteiger partial charge in [-0.25, -0.2) is 0 Å². The number of non-ortho nitro benzene ring substituents is 1. The molecule has 3 rings (SSSR count). The van der Waals surface area contributed by atoms with Gasteiger partial charge in [-0.1, -0.05) is 0 Å². The summed E-state index contributed by atoms with van der Waals surface area (Å²) in [5.41, 5.74) is 1.23. The van der Waals surface area contributed by atoms with Crippen molar-refractivity contribution in [1.29, 1.82) is 0 Å². The third-order valence-corrected chi connectivity index (χ3v) is 4.79. The largest absolute Gasteiger partial charge is 0.364 e. The Kier molecular flexibility index (Phi) is 4.78. The van der Waals surface area contributed by atoms with Gasteiger partial charge in [-0.3, -0.25) is 24.6 Å². The molecule has 0 N–H and O–H groups in total. The minimum absolute atomic E-state index is 0.0482. The van der Waals surface area contributed by atoms with Crippen LogP contribution in [0.25, 0.3) is 5.57 Å². The molecular formula is C18H22N4O4. The minimum atomic E-state index is -0.485. The fourth-order valence-corrected chi connectivity index (χ4v) is 3.34. The Balaban J connectivity index is 2.06. The number of benzene rings is 1. The van der Waals surface area contributed by atoms with Gasteiger partial charge in [0.05, 0.1) is 10.5 Å². The lowest BCUT2D eigenvalue weighted by molar-refractivity contribution is -0.384. The van der Waals surface area contributed by atoms with Crippen molar-refractivity contribution in [3.8, 4) is 0 Å². The van der Waals surface area contributed by atoms with Crippen molar-refractivity contribution in [2.75, 3.05) is 33.2 Å². The van der Waals surface area contributed by atoms with Crippen molar-refractivity contribution in [2.24, 2.45) is 0 Å². The van der Waals surface area contributed by atoms with Crippen LogP contribution < -0.4 is 0 Å². The highest BCUT2D eigenvalue weighted by molar-refractivity contribution is 6.35. The molecule has 2 aliphatic rings. The molecule has 2 aliphatic heterocycles. The molecule has 1 aromatic rings. The Morgan fingerprint density at radius 1 is 1.00 bits per heavy atom. The number of nitro benzene ring substituents is 1. The molecule has 0 aliphatic carbocycles. The predicted molar refractivity (Wildman–Crippen MR) is 96.1 cm³/mol. The first-order valence-electron chi connectivity index (χ1n) is 8.61. The van der Waals surface area contributed by atoms with Gasteiger partial charge in [0.1, 0.15) is 5.70 Å². The lowest BCUT2D eigenvalue weighted by Gasteiger charge is -2.34. The van der Waals surface area contributed by atoms with Crippen LogP contribution in [-0.2, 0) is 9.59 Å². The smallest absolute Gasteiger partial charge is 0.278 e. The maximum Gasteiger partial charge on any atom is 0.278 e. The van der Waals surface area contributed by atoms with E-state index < -0.39 is 4.92 Å². The highest BCUT2D eigenvalue weighted by atomic mass is 16.6. The molecule has 2 heterocycles. The molecule has 0 aromatic heterocycles. The molecule has 0 atom stereocenters. The van der Waals surface area contributed by atoms with E-state index in [-0.39, 0.29) is 23.5 Å². The maximum absolute atomic E-state index is 13.0. The lowest BCUT2D eigenvalue weighted by Crippen LogP contribution is -2.46. The third kappa shape index (κ3) is 3.08. The number of likely N-dealkylation sites (N-methyl/N-ethyl adjacent to an activating group) is 1. The van der Waals surface area contributed by atoms with E-state index in [0.717, 1.165) is 13.1 Å². The summed E-state index contributed by atoms with van der Waals surface area (Å²) in [6, 6.07) is 5.55. The fourth-order valence-electron chi connectivity index (χ4n) is 3.34. The number of carbonyl (C=O) groups excluding carboxylic acids is 2. The number of hydrogen-bond donors (Lipinski definition) is 0. The third-order valence-electron chi connectivity index (χ3n) is 4.79. The van der Waals surface area contributed by atoms with Gasteiger partial charge in [0, 0.05) is 44.4 Å². The summed E-state index contributed by atoms with van der Waals surface area (Å²) in [4.78, 5) is 41.7. The Morgan fingerprint density at radius 2 is 1.58 bits per heavy atom. The summed E-state index contributed by atoms with van der Waals surface area (Å²) in [7, 11) is 2.02. The molecule has 0 spiro atoms. The van der Waals surface area contributed by atoms with Crippen LogP contribution in [0, 0.1) is 10.1 Å².